The Balaban J connectivity index is 1.47. The van der Waals surface area contributed by atoms with Gasteiger partial charge >= 0.3 is 5.69 Å². The Morgan fingerprint density at radius 3 is 2.39 bits per heavy atom. The molecule has 4 rings (SSSR count). The maximum absolute atomic E-state index is 13.0. The van der Waals surface area contributed by atoms with Gasteiger partial charge in [0, 0.05) is 24.3 Å². The second-order valence-corrected chi connectivity index (χ2v) is 8.32. The zero-order chi connectivity index (χ0) is 21.8. The first-order valence-electron chi connectivity index (χ1n) is 10.4. The Morgan fingerprint density at radius 2 is 1.68 bits per heavy atom. The topological polar surface area (TPSA) is 75.2 Å². The number of aromatic amines is 1. The van der Waals surface area contributed by atoms with Crippen molar-refractivity contribution in [3.8, 4) is 0 Å². The van der Waals surface area contributed by atoms with Crippen molar-refractivity contribution in [3.63, 3.8) is 0 Å². The number of rotatable bonds is 5. The van der Waals surface area contributed by atoms with Gasteiger partial charge in [-0.05, 0) is 42.4 Å². The standard InChI is InChI=1S/C24H24ClN3O3/c25-21-9-5-4-8-19(21)16-28-23(30)20(15-26-24(28)31)22(29)27-12-10-18(11-13-27)14-17-6-2-1-3-7-17/h1-9,15,18H,10-14,16H2,(H,26,31). The van der Waals surface area contributed by atoms with Gasteiger partial charge in [-0.3, -0.25) is 14.2 Å². The Labute approximate surface area is 185 Å². The Morgan fingerprint density at radius 1 is 1.00 bits per heavy atom. The van der Waals surface area contributed by atoms with E-state index in [-0.39, 0.29) is 18.0 Å². The van der Waals surface area contributed by atoms with Gasteiger partial charge in [0.05, 0.1) is 6.54 Å². The fourth-order valence-corrected chi connectivity index (χ4v) is 4.26. The molecule has 2 aromatic carbocycles. The number of hydrogen-bond donors (Lipinski definition) is 1. The number of amides is 1. The molecule has 3 aromatic rings. The van der Waals surface area contributed by atoms with E-state index in [4.69, 9.17) is 11.6 Å². The third kappa shape index (κ3) is 4.80. The smallest absolute Gasteiger partial charge is 0.328 e. The highest BCUT2D eigenvalue weighted by atomic mass is 35.5. The van der Waals surface area contributed by atoms with E-state index in [1.54, 1.807) is 29.2 Å². The van der Waals surface area contributed by atoms with Crippen molar-refractivity contribution < 1.29 is 4.79 Å². The number of carbonyl (C=O) groups excluding carboxylic acids is 1. The van der Waals surface area contributed by atoms with Gasteiger partial charge in [0.15, 0.2) is 0 Å². The summed E-state index contributed by atoms with van der Waals surface area (Å²) >= 11 is 6.17. The van der Waals surface area contributed by atoms with Crippen molar-refractivity contribution in [2.75, 3.05) is 13.1 Å². The van der Waals surface area contributed by atoms with Crippen molar-refractivity contribution in [2.45, 2.75) is 25.8 Å². The normalized spacial score (nSPS) is 14.5. The first-order chi connectivity index (χ1) is 15.0. The summed E-state index contributed by atoms with van der Waals surface area (Å²) in [5.41, 5.74) is 0.759. The molecule has 1 aliphatic heterocycles. The third-order valence-corrected chi connectivity index (χ3v) is 6.22. The molecule has 0 unspecified atom stereocenters. The molecular formula is C24H24ClN3O3. The van der Waals surface area contributed by atoms with Crippen molar-refractivity contribution in [2.24, 2.45) is 5.92 Å². The summed E-state index contributed by atoms with van der Waals surface area (Å²) < 4.78 is 1.02. The highest BCUT2D eigenvalue weighted by Gasteiger charge is 2.26. The molecule has 0 spiro atoms. The molecule has 1 fully saturated rings. The molecule has 1 amide bonds. The minimum absolute atomic E-state index is 0.00805. The quantitative estimate of drug-likeness (QED) is 0.665. The molecule has 0 aliphatic carbocycles. The lowest BCUT2D eigenvalue weighted by Crippen LogP contribution is -2.44. The van der Waals surface area contributed by atoms with E-state index in [1.165, 1.54) is 11.8 Å². The van der Waals surface area contributed by atoms with Gasteiger partial charge in [-0.1, -0.05) is 60.1 Å². The largest absolute Gasteiger partial charge is 0.338 e. The van der Waals surface area contributed by atoms with Gasteiger partial charge in [0.1, 0.15) is 5.56 Å². The van der Waals surface area contributed by atoms with E-state index in [9.17, 15) is 14.4 Å². The van der Waals surface area contributed by atoms with E-state index >= 15 is 0 Å². The van der Waals surface area contributed by atoms with Gasteiger partial charge in [0.25, 0.3) is 11.5 Å². The number of benzene rings is 2. The number of halogens is 1. The van der Waals surface area contributed by atoms with Crippen LogP contribution in [-0.4, -0.2) is 33.4 Å². The number of carbonyl (C=O) groups is 1. The van der Waals surface area contributed by atoms with Crippen LogP contribution in [0.25, 0.3) is 0 Å². The fraction of sp³-hybridized carbons (Fsp3) is 0.292. The molecule has 1 aromatic heterocycles. The highest BCUT2D eigenvalue weighted by Crippen LogP contribution is 2.22. The zero-order valence-electron chi connectivity index (χ0n) is 17.1. The molecular weight excluding hydrogens is 414 g/mol. The maximum atomic E-state index is 13.0. The van der Waals surface area contributed by atoms with E-state index < -0.39 is 11.2 Å². The predicted molar refractivity (Wildman–Crippen MR) is 121 cm³/mol. The van der Waals surface area contributed by atoms with Gasteiger partial charge in [-0.25, -0.2) is 4.79 Å². The van der Waals surface area contributed by atoms with E-state index in [1.807, 2.05) is 18.2 Å². The highest BCUT2D eigenvalue weighted by molar-refractivity contribution is 6.31. The number of likely N-dealkylation sites (tertiary alicyclic amines) is 1. The molecule has 1 aliphatic rings. The van der Waals surface area contributed by atoms with Crippen LogP contribution in [0.5, 0.6) is 0 Å². The van der Waals surface area contributed by atoms with Crippen LogP contribution < -0.4 is 11.2 Å². The van der Waals surface area contributed by atoms with Crippen LogP contribution in [-0.2, 0) is 13.0 Å². The molecule has 7 heteroatoms. The Kier molecular flexibility index (Phi) is 6.37. The first kappa shape index (κ1) is 21.1. The number of nitrogens with zero attached hydrogens (tertiary/aromatic N) is 2. The lowest BCUT2D eigenvalue weighted by Gasteiger charge is -2.32. The summed E-state index contributed by atoms with van der Waals surface area (Å²) in [4.78, 5) is 42.5. The molecule has 1 N–H and O–H groups in total. The predicted octanol–water partition coefficient (Wildman–Crippen LogP) is 3.33. The van der Waals surface area contributed by atoms with E-state index in [0.29, 0.717) is 29.6 Å². The molecule has 31 heavy (non-hydrogen) atoms. The van der Waals surface area contributed by atoms with Crippen LogP contribution >= 0.6 is 11.6 Å². The third-order valence-electron chi connectivity index (χ3n) is 5.85. The Bertz CT molecular complexity index is 1180. The minimum atomic E-state index is -0.597. The maximum Gasteiger partial charge on any atom is 0.328 e. The van der Waals surface area contributed by atoms with Crippen molar-refractivity contribution in [1.82, 2.24) is 14.5 Å². The summed E-state index contributed by atoms with van der Waals surface area (Å²) in [5.74, 6) is 0.172. The summed E-state index contributed by atoms with van der Waals surface area (Å²) in [6, 6.07) is 17.3. The van der Waals surface area contributed by atoms with Gasteiger partial charge in [-0.15, -0.1) is 0 Å². The number of nitrogens with one attached hydrogen (secondary N) is 1. The molecule has 160 valence electrons. The van der Waals surface area contributed by atoms with Crippen LogP contribution in [0.1, 0.15) is 34.3 Å². The lowest BCUT2D eigenvalue weighted by atomic mass is 9.90. The van der Waals surface area contributed by atoms with Crippen LogP contribution in [0.2, 0.25) is 5.02 Å². The van der Waals surface area contributed by atoms with Gasteiger partial charge < -0.3 is 9.88 Å². The molecule has 1 saturated heterocycles. The fourth-order valence-electron chi connectivity index (χ4n) is 4.06. The van der Waals surface area contributed by atoms with Crippen LogP contribution in [0.3, 0.4) is 0 Å². The second-order valence-electron chi connectivity index (χ2n) is 7.92. The number of H-pyrrole nitrogens is 1. The number of aromatic nitrogens is 2. The molecule has 0 bridgehead atoms. The molecule has 0 atom stereocenters. The number of piperidine rings is 1. The van der Waals surface area contributed by atoms with Gasteiger partial charge in [0.2, 0.25) is 0 Å². The second kappa shape index (κ2) is 9.35. The zero-order valence-corrected chi connectivity index (χ0v) is 17.8. The van der Waals surface area contributed by atoms with Crippen molar-refractivity contribution in [3.05, 3.63) is 103 Å². The first-order valence-corrected chi connectivity index (χ1v) is 10.8. The number of hydrogen-bond acceptors (Lipinski definition) is 3. The van der Waals surface area contributed by atoms with Crippen LogP contribution in [0.4, 0.5) is 0 Å². The van der Waals surface area contributed by atoms with E-state index in [2.05, 4.69) is 17.1 Å². The summed E-state index contributed by atoms with van der Waals surface area (Å²) in [5, 5.41) is 0.464. The summed E-state index contributed by atoms with van der Waals surface area (Å²) in [6.45, 7) is 1.20. The monoisotopic (exact) mass is 437 g/mol. The lowest BCUT2D eigenvalue weighted by molar-refractivity contribution is 0.0687. The SMILES string of the molecule is O=C(c1c[nH]c(=O)n(Cc2ccccc2Cl)c1=O)N1CCC(Cc2ccccc2)CC1. The Hall–Kier alpha value is -3.12. The van der Waals surface area contributed by atoms with Gasteiger partial charge in [-0.2, -0.15) is 0 Å². The van der Waals surface area contributed by atoms with Crippen LogP contribution in [0.15, 0.2) is 70.4 Å². The van der Waals surface area contributed by atoms with Crippen LogP contribution in [0, 0.1) is 5.92 Å². The average molecular weight is 438 g/mol. The van der Waals surface area contributed by atoms with Crippen molar-refractivity contribution >= 4 is 17.5 Å². The molecule has 0 saturated carbocycles. The molecule has 0 radical (unpaired) electrons. The summed E-state index contributed by atoms with van der Waals surface area (Å²) in [6.07, 6.45) is 3.99. The average Bonchev–Trinajstić information content (AvgIpc) is 2.79. The minimum Gasteiger partial charge on any atom is -0.338 e. The summed E-state index contributed by atoms with van der Waals surface area (Å²) in [7, 11) is 0. The van der Waals surface area contributed by atoms with Crippen molar-refractivity contribution in [1.29, 1.82) is 0 Å². The molecule has 2 heterocycles. The molecule has 6 nitrogen and oxygen atoms in total. The van der Waals surface area contributed by atoms with E-state index in [0.717, 1.165) is 23.8 Å².